The minimum absolute atomic E-state index is 0.0465. The molecule has 3 rings (SSSR count). The molecule has 0 spiro atoms. The van der Waals surface area contributed by atoms with E-state index in [9.17, 15) is 4.79 Å². The van der Waals surface area contributed by atoms with Gasteiger partial charge in [0, 0.05) is 17.9 Å². The Morgan fingerprint density at radius 2 is 2.43 bits per heavy atom. The van der Waals surface area contributed by atoms with Crippen LogP contribution in [0, 0.1) is 0 Å². The van der Waals surface area contributed by atoms with Gasteiger partial charge in [-0.3, -0.25) is 4.79 Å². The summed E-state index contributed by atoms with van der Waals surface area (Å²) < 4.78 is 10.8. The van der Waals surface area contributed by atoms with Gasteiger partial charge in [0.2, 0.25) is 11.7 Å². The van der Waals surface area contributed by atoms with Crippen molar-refractivity contribution in [3.63, 3.8) is 0 Å². The number of hydrogen-bond donors (Lipinski definition) is 1. The third kappa shape index (κ3) is 3.30. The van der Waals surface area contributed by atoms with Crippen LogP contribution in [-0.2, 0) is 16.1 Å². The van der Waals surface area contributed by atoms with Gasteiger partial charge in [-0.1, -0.05) is 12.1 Å². The van der Waals surface area contributed by atoms with Gasteiger partial charge in [-0.05, 0) is 25.0 Å². The van der Waals surface area contributed by atoms with Crippen LogP contribution in [0.15, 0.2) is 16.7 Å². The summed E-state index contributed by atoms with van der Waals surface area (Å²) >= 11 is 1.55. The molecule has 2 aromatic rings. The predicted octanol–water partition coefficient (Wildman–Crippen LogP) is 2.68. The molecule has 1 amide bonds. The monoisotopic (exact) mass is 307 g/mol. The molecule has 21 heavy (non-hydrogen) atoms. The maximum absolute atomic E-state index is 11.3. The van der Waals surface area contributed by atoms with Crippen molar-refractivity contribution in [2.24, 2.45) is 0 Å². The second-order valence-electron chi connectivity index (χ2n) is 4.85. The van der Waals surface area contributed by atoms with E-state index in [1.54, 1.807) is 11.3 Å². The molecule has 0 aromatic carbocycles. The Morgan fingerprint density at radius 1 is 1.52 bits per heavy atom. The van der Waals surface area contributed by atoms with Crippen molar-refractivity contribution in [1.29, 1.82) is 0 Å². The highest BCUT2D eigenvalue weighted by molar-refractivity contribution is 7.15. The maximum Gasteiger partial charge on any atom is 0.256 e. The Morgan fingerprint density at radius 3 is 3.19 bits per heavy atom. The first kappa shape index (κ1) is 14.2. The molecule has 0 saturated carbocycles. The average Bonchev–Trinajstić information content (AvgIpc) is 3.23. The van der Waals surface area contributed by atoms with Crippen LogP contribution >= 0.6 is 11.3 Å². The highest BCUT2D eigenvalue weighted by Gasteiger charge is 2.24. The number of nitrogens with zero attached hydrogens (tertiary/aromatic N) is 2. The number of amides is 1. The summed E-state index contributed by atoms with van der Waals surface area (Å²) in [6.07, 6.45) is 2.39. The number of thiophene rings is 1. The molecule has 7 heteroatoms. The van der Waals surface area contributed by atoms with E-state index in [2.05, 4.69) is 15.5 Å². The molecular formula is C14H17N3O3S. The fraction of sp³-hybridized carbons (Fsp3) is 0.500. The summed E-state index contributed by atoms with van der Waals surface area (Å²) in [5, 5.41) is 6.86. The molecule has 1 atom stereocenters. The van der Waals surface area contributed by atoms with Crippen molar-refractivity contribution in [1.82, 2.24) is 15.5 Å². The minimum Gasteiger partial charge on any atom is -0.368 e. The van der Waals surface area contributed by atoms with E-state index in [0.717, 1.165) is 29.2 Å². The number of aromatic nitrogens is 2. The lowest BCUT2D eigenvalue weighted by Gasteiger charge is -2.00. The first-order valence-electron chi connectivity index (χ1n) is 7.07. The van der Waals surface area contributed by atoms with Crippen molar-refractivity contribution < 1.29 is 14.1 Å². The molecule has 1 unspecified atom stereocenters. The van der Waals surface area contributed by atoms with Crippen LogP contribution in [0.25, 0.3) is 10.7 Å². The van der Waals surface area contributed by atoms with Crippen molar-refractivity contribution >= 4 is 17.2 Å². The normalized spacial score (nSPS) is 18.0. The molecule has 0 aliphatic carbocycles. The van der Waals surface area contributed by atoms with Crippen LogP contribution in [-0.4, -0.2) is 22.7 Å². The van der Waals surface area contributed by atoms with E-state index in [4.69, 9.17) is 9.26 Å². The smallest absolute Gasteiger partial charge is 0.256 e. The molecule has 1 fully saturated rings. The molecule has 1 aliphatic heterocycles. The molecule has 112 valence electrons. The third-order valence-corrected chi connectivity index (χ3v) is 4.39. The standard InChI is InChI=1S/C14H17N3O3S/c1-2-12(18)15-8-9-5-6-11(21-9)13-16-14(20-17-13)10-4-3-7-19-10/h5-6,10H,2-4,7-8H2,1H3,(H,15,18). The van der Waals surface area contributed by atoms with E-state index < -0.39 is 0 Å². The Bertz CT molecular complexity index is 617. The summed E-state index contributed by atoms with van der Waals surface area (Å²) in [5.74, 6) is 1.18. The van der Waals surface area contributed by atoms with Crippen LogP contribution < -0.4 is 5.32 Å². The molecule has 1 saturated heterocycles. The van der Waals surface area contributed by atoms with Crippen molar-refractivity contribution in [3.8, 4) is 10.7 Å². The van der Waals surface area contributed by atoms with Gasteiger partial charge < -0.3 is 14.6 Å². The highest BCUT2D eigenvalue weighted by Crippen LogP contribution is 2.31. The van der Waals surface area contributed by atoms with E-state index in [1.807, 2.05) is 19.1 Å². The van der Waals surface area contributed by atoms with Crippen LogP contribution in [0.3, 0.4) is 0 Å². The lowest BCUT2D eigenvalue weighted by molar-refractivity contribution is -0.120. The van der Waals surface area contributed by atoms with E-state index in [1.165, 1.54) is 0 Å². The zero-order valence-corrected chi connectivity index (χ0v) is 12.6. The van der Waals surface area contributed by atoms with E-state index in [0.29, 0.717) is 24.7 Å². The topological polar surface area (TPSA) is 77.2 Å². The number of ether oxygens (including phenoxy) is 1. The zero-order valence-electron chi connectivity index (χ0n) is 11.8. The van der Waals surface area contributed by atoms with Gasteiger partial charge >= 0.3 is 0 Å². The quantitative estimate of drug-likeness (QED) is 0.919. The largest absolute Gasteiger partial charge is 0.368 e. The number of carbonyl (C=O) groups excluding carboxylic acids is 1. The van der Waals surface area contributed by atoms with Crippen molar-refractivity contribution in [2.75, 3.05) is 6.61 Å². The third-order valence-electron chi connectivity index (χ3n) is 3.31. The number of hydrogen-bond acceptors (Lipinski definition) is 6. The summed E-state index contributed by atoms with van der Waals surface area (Å²) in [7, 11) is 0. The fourth-order valence-electron chi connectivity index (χ4n) is 2.14. The van der Waals surface area contributed by atoms with Gasteiger partial charge in [-0.2, -0.15) is 4.98 Å². The van der Waals surface area contributed by atoms with Gasteiger partial charge in [0.05, 0.1) is 11.4 Å². The molecular weight excluding hydrogens is 290 g/mol. The Hall–Kier alpha value is -1.73. The molecule has 0 radical (unpaired) electrons. The van der Waals surface area contributed by atoms with Crippen LogP contribution in [0.5, 0.6) is 0 Å². The Labute approximate surface area is 126 Å². The Kier molecular flexibility index (Phi) is 4.31. The van der Waals surface area contributed by atoms with E-state index >= 15 is 0 Å². The van der Waals surface area contributed by atoms with Crippen molar-refractivity contribution in [2.45, 2.75) is 38.8 Å². The molecule has 2 aromatic heterocycles. The number of carbonyl (C=O) groups is 1. The average molecular weight is 307 g/mol. The van der Waals surface area contributed by atoms with Crippen LogP contribution in [0.1, 0.15) is 43.1 Å². The second kappa shape index (κ2) is 6.36. The number of rotatable bonds is 5. The number of nitrogens with one attached hydrogen (secondary N) is 1. The predicted molar refractivity (Wildman–Crippen MR) is 77.7 cm³/mol. The van der Waals surface area contributed by atoms with Gasteiger partial charge in [0.25, 0.3) is 5.89 Å². The van der Waals surface area contributed by atoms with Crippen molar-refractivity contribution in [3.05, 3.63) is 22.9 Å². The lowest BCUT2D eigenvalue weighted by atomic mass is 10.2. The van der Waals surface area contributed by atoms with Crippen LogP contribution in [0.4, 0.5) is 0 Å². The molecule has 3 heterocycles. The second-order valence-corrected chi connectivity index (χ2v) is 6.02. The summed E-state index contributed by atoms with van der Waals surface area (Å²) in [6, 6.07) is 3.92. The first-order valence-corrected chi connectivity index (χ1v) is 7.89. The SMILES string of the molecule is CCC(=O)NCc1ccc(-c2noc(C3CCCO3)n2)s1. The van der Waals surface area contributed by atoms with Gasteiger partial charge in [0.15, 0.2) is 0 Å². The van der Waals surface area contributed by atoms with Crippen LogP contribution in [0.2, 0.25) is 0 Å². The summed E-state index contributed by atoms with van der Waals surface area (Å²) in [5.41, 5.74) is 0. The summed E-state index contributed by atoms with van der Waals surface area (Å²) in [6.45, 7) is 3.12. The molecule has 1 N–H and O–H groups in total. The first-order chi connectivity index (χ1) is 10.3. The van der Waals surface area contributed by atoms with Gasteiger partial charge in [0.1, 0.15) is 6.10 Å². The zero-order chi connectivity index (χ0) is 14.7. The minimum atomic E-state index is -0.0606. The maximum atomic E-state index is 11.3. The summed E-state index contributed by atoms with van der Waals surface area (Å²) in [4.78, 5) is 17.7. The molecule has 6 nitrogen and oxygen atoms in total. The lowest BCUT2D eigenvalue weighted by Crippen LogP contribution is -2.20. The fourth-order valence-corrected chi connectivity index (χ4v) is 3.02. The Balaban J connectivity index is 1.66. The molecule has 1 aliphatic rings. The van der Waals surface area contributed by atoms with E-state index in [-0.39, 0.29) is 12.0 Å². The molecule has 0 bridgehead atoms. The van der Waals surface area contributed by atoms with Gasteiger partial charge in [-0.25, -0.2) is 0 Å². The highest BCUT2D eigenvalue weighted by atomic mass is 32.1. The van der Waals surface area contributed by atoms with Gasteiger partial charge in [-0.15, -0.1) is 11.3 Å².